The number of carbonyl (C=O) groups is 1. The molecule has 0 aromatic heterocycles. The van der Waals surface area contributed by atoms with E-state index in [-0.39, 0.29) is 5.91 Å². The van der Waals surface area contributed by atoms with Crippen molar-refractivity contribution >= 4 is 80.5 Å². The second-order valence-corrected chi connectivity index (χ2v) is 9.41. The largest absolute Gasteiger partial charge is 0.496 e. The van der Waals surface area contributed by atoms with Crippen LogP contribution in [-0.4, -0.2) is 19.2 Å². The van der Waals surface area contributed by atoms with Gasteiger partial charge in [-0.1, -0.05) is 41.4 Å². The summed E-state index contributed by atoms with van der Waals surface area (Å²) in [5, 5.41) is 5.21. The summed E-state index contributed by atoms with van der Waals surface area (Å²) < 4.78 is 13.0. The molecule has 1 amide bonds. The predicted molar refractivity (Wildman–Crippen MR) is 141 cm³/mol. The Morgan fingerprint density at radius 3 is 2.48 bits per heavy atom. The number of rotatable bonds is 7. The molecule has 0 aliphatic carbocycles. The highest BCUT2D eigenvalue weighted by Gasteiger charge is 2.12. The highest BCUT2D eigenvalue weighted by atomic mass is 127. The number of nitrogens with zero attached hydrogens (tertiary/aromatic N) is 1. The molecule has 0 heterocycles. The Hall–Kier alpha value is -1.56. The number of halogens is 4. The van der Waals surface area contributed by atoms with Crippen LogP contribution < -0.4 is 14.9 Å². The third-order valence-electron chi connectivity index (χ3n) is 4.14. The zero-order valence-electron chi connectivity index (χ0n) is 16.2. The van der Waals surface area contributed by atoms with Crippen LogP contribution in [0.2, 0.25) is 10.0 Å². The van der Waals surface area contributed by atoms with Gasteiger partial charge < -0.3 is 9.47 Å². The second kappa shape index (κ2) is 11.3. The maximum Gasteiger partial charge on any atom is 0.275 e. The van der Waals surface area contributed by atoms with Crippen LogP contribution in [0.5, 0.6) is 11.5 Å². The zero-order valence-corrected chi connectivity index (χ0v) is 22.0. The van der Waals surface area contributed by atoms with Gasteiger partial charge in [0.05, 0.1) is 26.0 Å². The van der Waals surface area contributed by atoms with E-state index in [4.69, 9.17) is 32.7 Å². The summed E-state index contributed by atoms with van der Waals surface area (Å²) in [5.74, 6) is 0.891. The van der Waals surface area contributed by atoms with Gasteiger partial charge in [-0.3, -0.25) is 4.79 Å². The van der Waals surface area contributed by atoms with E-state index in [1.807, 2.05) is 18.2 Å². The normalized spacial score (nSPS) is 10.9. The van der Waals surface area contributed by atoms with E-state index in [1.165, 1.54) is 7.11 Å². The number of hydrazone groups is 1. The fourth-order valence-corrected chi connectivity index (χ4v) is 5.23. The summed E-state index contributed by atoms with van der Waals surface area (Å²) in [6.07, 6.45) is 1.58. The van der Waals surface area contributed by atoms with Crippen molar-refractivity contribution in [1.29, 1.82) is 0 Å². The molecule has 0 unspecified atom stereocenters. The monoisotopic (exact) mass is 680 g/mol. The van der Waals surface area contributed by atoms with E-state index in [9.17, 15) is 4.79 Å². The lowest BCUT2D eigenvalue weighted by Crippen LogP contribution is -2.18. The molecule has 1 N–H and O–H groups in total. The highest BCUT2D eigenvalue weighted by molar-refractivity contribution is 14.1. The molecule has 3 aromatic carbocycles. The Labute approximate surface area is 217 Å². The Bertz CT molecular complexity index is 1120. The number of benzene rings is 3. The van der Waals surface area contributed by atoms with Crippen LogP contribution in [0.4, 0.5) is 0 Å². The van der Waals surface area contributed by atoms with Crippen LogP contribution in [0.3, 0.4) is 0 Å². The van der Waals surface area contributed by atoms with Crippen molar-refractivity contribution in [3.63, 3.8) is 0 Å². The SMILES string of the molecule is COc1ccccc1C(=O)N/N=C\c1cc(I)c(OCc2ccc(Cl)cc2Cl)c(I)c1. The fourth-order valence-electron chi connectivity index (χ4n) is 2.64. The second-order valence-electron chi connectivity index (χ2n) is 6.24. The van der Waals surface area contributed by atoms with E-state index in [0.717, 1.165) is 24.0 Å². The Morgan fingerprint density at radius 1 is 1.10 bits per heavy atom. The van der Waals surface area contributed by atoms with E-state index in [1.54, 1.807) is 42.6 Å². The average Bonchev–Trinajstić information content (AvgIpc) is 2.74. The van der Waals surface area contributed by atoms with Crippen LogP contribution in [0.15, 0.2) is 59.7 Å². The molecule has 0 atom stereocenters. The van der Waals surface area contributed by atoms with E-state index < -0.39 is 0 Å². The van der Waals surface area contributed by atoms with Crippen LogP contribution in [0.25, 0.3) is 0 Å². The van der Waals surface area contributed by atoms with E-state index >= 15 is 0 Å². The van der Waals surface area contributed by atoms with Gasteiger partial charge in [-0.25, -0.2) is 5.43 Å². The summed E-state index contributed by atoms with van der Waals surface area (Å²) in [5.41, 5.74) is 4.61. The summed E-state index contributed by atoms with van der Waals surface area (Å²) in [4.78, 5) is 12.3. The quantitative estimate of drug-likeness (QED) is 0.175. The third-order valence-corrected chi connectivity index (χ3v) is 6.33. The number of ether oxygens (including phenoxy) is 2. The Kier molecular flexibility index (Phi) is 8.82. The number of amides is 1. The Balaban J connectivity index is 1.67. The maximum absolute atomic E-state index is 12.3. The number of para-hydroxylation sites is 1. The molecule has 9 heteroatoms. The average molecular weight is 681 g/mol. The lowest BCUT2D eigenvalue weighted by Gasteiger charge is -2.12. The molecule has 5 nitrogen and oxygen atoms in total. The van der Waals surface area contributed by atoms with Crippen LogP contribution >= 0.6 is 68.4 Å². The van der Waals surface area contributed by atoms with Gasteiger partial charge in [0, 0.05) is 15.6 Å². The first-order valence-corrected chi connectivity index (χ1v) is 11.8. The summed E-state index contributed by atoms with van der Waals surface area (Å²) >= 11 is 16.6. The Morgan fingerprint density at radius 2 is 1.81 bits per heavy atom. The van der Waals surface area contributed by atoms with Crippen molar-refractivity contribution in [1.82, 2.24) is 5.43 Å². The summed E-state index contributed by atoms with van der Waals surface area (Å²) in [6, 6.07) is 16.1. The molecule has 0 fully saturated rings. The number of methoxy groups -OCH3 is 1. The highest BCUT2D eigenvalue weighted by Crippen LogP contribution is 2.30. The van der Waals surface area contributed by atoms with Gasteiger partial charge >= 0.3 is 0 Å². The van der Waals surface area contributed by atoms with Crippen molar-refractivity contribution < 1.29 is 14.3 Å². The zero-order chi connectivity index (χ0) is 22.4. The summed E-state index contributed by atoms with van der Waals surface area (Å²) in [7, 11) is 1.52. The number of hydrogen-bond acceptors (Lipinski definition) is 4. The molecule has 31 heavy (non-hydrogen) atoms. The molecule has 0 bridgehead atoms. The first kappa shape index (κ1) is 24.1. The molecule has 0 radical (unpaired) electrons. The van der Waals surface area contributed by atoms with Gasteiger partial charge in [0.25, 0.3) is 5.91 Å². The van der Waals surface area contributed by atoms with E-state index in [0.29, 0.717) is 28.0 Å². The lowest BCUT2D eigenvalue weighted by atomic mass is 10.2. The van der Waals surface area contributed by atoms with Gasteiger partial charge in [-0.2, -0.15) is 5.10 Å². The first-order valence-electron chi connectivity index (χ1n) is 8.91. The topological polar surface area (TPSA) is 59.9 Å². The predicted octanol–water partition coefficient (Wildman–Crippen LogP) is 6.55. The minimum Gasteiger partial charge on any atom is -0.496 e. The molecule has 160 valence electrons. The van der Waals surface area contributed by atoms with Crippen molar-refractivity contribution in [3.8, 4) is 11.5 Å². The molecule has 0 aliphatic heterocycles. The standard InChI is InChI=1S/C22H16Cl2I2N2O3/c1-30-20-5-3-2-4-16(20)22(29)28-27-11-13-8-18(25)21(19(26)9-13)31-12-14-6-7-15(23)10-17(14)24/h2-11H,12H2,1H3,(H,28,29)/b27-11-. The number of hydrogen-bond donors (Lipinski definition) is 1. The van der Waals surface area contributed by atoms with Gasteiger partial charge in [0.2, 0.25) is 0 Å². The smallest absolute Gasteiger partial charge is 0.275 e. The van der Waals surface area contributed by atoms with Crippen LogP contribution in [0, 0.1) is 7.14 Å². The first-order chi connectivity index (χ1) is 14.9. The fraction of sp³-hybridized carbons (Fsp3) is 0.0909. The lowest BCUT2D eigenvalue weighted by molar-refractivity contribution is 0.0952. The van der Waals surface area contributed by atoms with E-state index in [2.05, 4.69) is 55.7 Å². The van der Waals surface area contributed by atoms with Gasteiger partial charge in [0.1, 0.15) is 18.1 Å². The van der Waals surface area contributed by atoms with Crippen LogP contribution in [-0.2, 0) is 6.61 Å². The van der Waals surface area contributed by atoms with Crippen molar-refractivity contribution in [2.24, 2.45) is 5.10 Å². The molecule has 3 rings (SSSR count). The molecule has 0 saturated carbocycles. The maximum atomic E-state index is 12.3. The van der Waals surface area contributed by atoms with Crippen molar-refractivity contribution in [2.45, 2.75) is 6.61 Å². The third kappa shape index (κ3) is 6.47. The molecule has 0 aliphatic rings. The molecule has 0 saturated heterocycles. The van der Waals surface area contributed by atoms with Gasteiger partial charge in [-0.05, 0) is 87.1 Å². The molecule has 3 aromatic rings. The van der Waals surface area contributed by atoms with Crippen molar-refractivity contribution in [2.75, 3.05) is 7.11 Å². The molecule has 0 spiro atoms. The van der Waals surface area contributed by atoms with Crippen molar-refractivity contribution in [3.05, 3.63) is 88.5 Å². The number of nitrogens with one attached hydrogen (secondary N) is 1. The minimum atomic E-state index is -0.349. The number of carbonyl (C=O) groups excluding carboxylic acids is 1. The van der Waals surface area contributed by atoms with Gasteiger partial charge in [-0.15, -0.1) is 0 Å². The minimum absolute atomic E-state index is 0.324. The van der Waals surface area contributed by atoms with Gasteiger partial charge in [0.15, 0.2) is 0 Å². The molecular formula is C22H16Cl2I2N2O3. The molecular weight excluding hydrogens is 665 g/mol. The van der Waals surface area contributed by atoms with Crippen LogP contribution in [0.1, 0.15) is 21.5 Å². The summed E-state index contributed by atoms with van der Waals surface area (Å²) in [6.45, 7) is 0.324.